The molecule has 86 valence electrons. The van der Waals surface area contributed by atoms with Gasteiger partial charge in [-0.05, 0) is 11.6 Å². The van der Waals surface area contributed by atoms with Crippen molar-refractivity contribution in [3.8, 4) is 0 Å². The third-order valence-corrected chi connectivity index (χ3v) is 2.09. The van der Waals surface area contributed by atoms with E-state index in [-0.39, 0.29) is 17.7 Å². The van der Waals surface area contributed by atoms with Crippen LogP contribution in [0.1, 0.15) is 21.5 Å². The van der Waals surface area contributed by atoms with E-state index >= 15 is 0 Å². The lowest BCUT2D eigenvalue weighted by Crippen LogP contribution is -2.09. The molecule has 0 radical (unpaired) electrons. The van der Waals surface area contributed by atoms with Crippen LogP contribution in [0.3, 0.4) is 0 Å². The van der Waals surface area contributed by atoms with Gasteiger partial charge in [-0.1, -0.05) is 24.3 Å². The van der Waals surface area contributed by atoms with Crippen LogP contribution in [0.15, 0.2) is 24.3 Å². The van der Waals surface area contributed by atoms with Crippen molar-refractivity contribution in [1.29, 1.82) is 0 Å². The van der Waals surface area contributed by atoms with Gasteiger partial charge < -0.3 is 0 Å². The van der Waals surface area contributed by atoms with E-state index in [1.807, 2.05) is 0 Å². The molecule has 0 saturated heterocycles. The molecule has 0 bridgehead atoms. The monoisotopic (exact) mass is 248 g/mol. The third-order valence-electron chi connectivity index (χ3n) is 1.91. The van der Waals surface area contributed by atoms with Gasteiger partial charge in [-0.25, -0.2) is 0 Å². The van der Waals surface area contributed by atoms with Crippen molar-refractivity contribution in [3.63, 3.8) is 0 Å². The molecule has 0 aliphatic rings. The number of halogens is 4. The van der Waals surface area contributed by atoms with Crippen molar-refractivity contribution in [3.05, 3.63) is 41.0 Å². The number of carbonyl (C=O) groups is 1. The van der Waals surface area contributed by atoms with Crippen molar-refractivity contribution in [1.82, 2.24) is 0 Å². The van der Waals surface area contributed by atoms with E-state index < -0.39 is 11.7 Å². The van der Waals surface area contributed by atoms with Crippen LogP contribution >= 0.6 is 11.6 Å². The summed E-state index contributed by atoms with van der Waals surface area (Å²) in [5.74, 6) is 0.219. The zero-order valence-corrected chi connectivity index (χ0v) is 8.85. The Morgan fingerprint density at radius 3 is 2.50 bits per heavy atom. The Morgan fingerprint density at radius 1 is 1.31 bits per heavy atom. The van der Waals surface area contributed by atoms with Crippen LogP contribution in [0.5, 0.6) is 0 Å². The van der Waals surface area contributed by atoms with E-state index in [2.05, 4.69) is 0 Å². The van der Waals surface area contributed by atoms with Crippen molar-refractivity contribution >= 4 is 24.0 Å². The van der Waals surface area contributed by atoms with Gasteiger partial charge in [-0.2, -0.15) is 13.2 Å². The fourth-order valence-corrected chi connectivity index (χ4v) is 1.30. The van der Waals surface area contributed by atoms with Gasteiger partial charge in [-0.3, -0.25) is 4.79 Å². The second kappa shape index (κ2) is 5.16. The van der Waals surface area contributed by atoms with E-state index in [0.29, 0.717) is 5.56 Å². The topological polar surface area (TPSA) is 17.1 Å². The highest BCUT2D eigenvalue weighted by Crippen LogP contribution is 2.32. The maximum Gasteiger partial charge on any atom is 0.417 e. The molecule has 0 N–H and O–H groups in total. The molecule has 1 aromatic rings. The van der Waals surface area contributed by atoms with Gasteiger partial charge in [0.2, 0.25) is 0 Å². The predicted molar refractivity (Wildman–Crippen MR) is 56.6 cm³/mol. The fraction of sp³-hybridized carbons (Fsp3) is 0.182. The first-order valence-electron chi connectivity index (χ1n) is 4.38. The minimum Gasteiger partial charge on any atom is -0.298 e. The lowest BCUT2D eigenvalue weighted by Gasteiger charge is -2.09. The van der Waals surface area contributed by atoms with E-state index in [9.17, 15) is 18.0 Å². The average Bonchev–Trinajstić information content (AvgIpc) is 2.24. The Kier molecular flexibility index (Phi) is 4.12. The molecule has 0 aliphatic carbocycles. The average molecular weight is 249 g/mol. The minimum absolute atomic E-state index is 0.192. The number of alkyl halides is 4. The van der Waals surface area contributed by atoms with Crippen LogP contribution < -0.4 is 0 Å². The summed E-state index contributed by atoms with van der Waals surface area (Å²) in [5.41, 5.74) is -0.937. The molecule has 1 aromatic carbocycles. The van der Waals surface area contributed by atoms with Gasteiger partial charge in [0.15, 0.2) is 6.29 Å². The molecular weight excluding hydrogens is 241 g/mol. The number of rotatable bonds is 3. The molecule has 0 heterocycles. The molecule has 0 amide bonds. The minimum atomic E-state index is -4.53. The lowest BCUT2D eigenvalue weighted by atomic mass is 10.0. The second-order valence-electron chi connectivity index (χ2n) is 3.02. The quantitative estimate of drug-likeness (QED) is 0.588. The van der Waals surface area contributed by atoms with E-state index in [0.717, 1.165) is 12.1 Å². The Bertz CT molecular complexity index is 410. The zero-order valence-electron chi connectivity index (χ0n) is 8.09. The number of benzene rings is 1. The molecule has 0 unspecified atom stereocenters. The van der Waals surface area contributed by atoms with Crippen LogP contribution in [-0.2, 0) is 6.18 Å². The number of aldehydes is 1. The van der Waals surface area contributed by atoms with Crippen molar-refractivity contribution in [2.45, 2.75) is 6.18 Å². The molecule has 1 nitrogen and oxygen atoms in total. The van der Waals surface area contributed by atoms with Gasteiger partial charge in [0, 0.05) is 11.4 Å². The lowest BCUT2D eigenvalue weighted by molar-refractivity contribution is -0.137. The number of hydrogen-bond donors (Lipinski definition) is 0. The van der Waals surface area contributed by atoms with E-state index in [1.54, 1.807) is 0 Å². The Balaban J connectivity index is 3.22. The summed E-state index contributed by atoms with van der Waals surface area (Å²) in [4.78, 5) is 10.5. The summed E-state index contributed by atoms with van der Waals surface area (Å²) in [6, 6.07) is 3.50. The van der Waals surface area contributed by atoms with E-state index in [4.69, 9.17) is 11.6 Å². The van der Waals surface area contributed by atoms with Crippen LogP contribution in [-0.4, -0.2) is 12.2 Å². The summed E-state index contributed by atoms with van der Waals surface area (Å²) in [5, 5.41) is 0. The largest absolute Gasteiger partial charge is 0.417 e. The molecular formula is C11H8ClF3O. The Morgan fingerprint density at radius 2 is 2.00 bits per heavy atom. The Hall–Kier alpha value is -1.29. The highest BCUT2D eigenvalue weighted by molar-refractivity contribution is 6.19. The highest BCUT2D eigenvalue weighted by atomic mass is 35.5. The fourth-order valence-electron chi connectivity index (χ4n) is 1.21. The summed E-state index contributed by atoms with van der Waals surface area (Å²) < 4.78 is 37.6. The third kappa shape index (κ3) is 3.10. The van der Waals surface area contributed by atoms with Crippen molar-refractivity contribution in [2.24, 2.45) is 0 Å². The van der Waals surface area contributed by atoms with Gasteiger partial charge >= 0.3 is 6.18 Å². The van der Waals surface area contributed by atoms with Gasteiger partial charge in [0.25, 0.3) is 0 Å². The molecule has 0 aliphatic heterocycles. The number of allylic oxidation sites excluding steroid dienone is 1. The summed E-state index contributed by atoms with van der Waals surface area (Å²) in [6.07, 6.45) is -1.34. The highest BCUT2D eigenvalue weighted by Gasteiger charge is 2.33. The van der Waals surface area contributed by atoms with Crippen LogP contribution in [0.4, 0.5) is 13.2 Å². The van der Waals surface area contributed by atoms with Gasteiger partial charge in [0.1, 0.15) is 0 Å². The molecule has 0 fully saturated rings. The van der Waals surface area contributed by atoms with Gasteiger partial charge in [0.05, 0.1) is 5.56 Å². The maximum atomic E-state index is 12.5. The van der Waals surface area contributed by atoms with Crippen LogP contribution in [0, 0.1) is 0 Å². The van der Waals surface area contributed by atoms with Crippen molar-refractivity contribution in [2.75, 3.05) is 5.88 Å². The van der Waals surface area contributed by atoms with Crippen LogP contribution in [0.2, 0.25) is 0 Å². The molecule has 5 heteroatoms. The Labute approximate surface area is 95.5 Å². The summed E-state index contributed by atoms with van der Waals surface area (Å²) in [6.45, 7) is 0. The number of carbonyl (C=O) groups excluding carboxylic acids is 1. The maximum absolute atomic E-state index is 12.5. The van der Waals surface area contributed by atoms with Crippen molar-refractivity contribution < 1.29 is 18.0 Å². The zero-order chi connectivity index (χ0) is 12.2. The summed E-state index contributed by atoms with van der Waals surface area (Å²) in [7, 11) is 0. The first kappa shape index (κ1) is 12.8. The first-order chi connectivity index (χ1) is 7.49. The molecule has 0 spiro atoms. The smallest absolute Gasteiger partial charge is 0.298 e. The van der Waals surface area contributed by atoms with Crippen LogP contribution in [0.25, 0.3) is 6.08 Å². The molecule has 0 aromatic heterocycles. The molecule has 1 rings (SSSR count). The normalized spacial score (nSPS) is 12.0. The first-order valence-corrected chi connectivity index (χ1v) is 4.91. The SMILES string of the molecule is O=Cc1ccc(C=CCCl)cc1C(F)(F)F. The second-order valence-corrected chi connectivity index (χ2v) is 3.33. The van der Waals surface area contributed by atoms with Gasteiger partial charge in [-0.15, -0.1) is 11.6 Å². The standard InChI is InChI=1S/C11H8ClF3O/c12-5-1-2-8-3-4-9(7-16)10(6-8)11(13,14)15/h1-4,6-7H,5H2. The molecule has 0 atom stereocenters. The number of hydrogen-bond acceptors (Lipinski definition) is 1. The van der Waals surface area contributed by atoms with E-state index in [1.165, 1.54) is 18.2 Å². The predicted octanol–water partition coefficient (Wildman–Crippen LogP) is 3.77. The molecule has 16 heavy (non-hydrogen) atoms. The molecule has 0 saturated carbocycles. The summed E-state index contributed by atoms with van der Waals surface area (Å²) >= 11 is 5.37.